The van der Waals surface area contributed by atoms with Crippen LogP contribution in [0.1, 0.15) is 5.56 Å². The van der Waals surface area contributed by atoms with E-state index in [0.29, 0.717) is 11.8 Å². The summed E-state index contributed by atoms with van der Waals surface area (Å²) < 4.78 is 56.8. The molecule has 0 aliphatic carbocycles. The minimum atomic E-state index is -4.37. The van der Waals surface area contributed by atoms with Gasteiger partial charge in [0.15, 0.2) is 0 Å². The molecule has 4 aromatic rings. The maximum Gasteiger partial charge on any atom is 0.330 e. The first-order chi connectivity index (χ1) is 18.0. The number of amides is 3. The number of thiophene rings is 1. The van der Waals surface area contributed by atoms with Crippen LogP contribution in [-0.4, -0.2) is 45.5 Å². The molecule has 0 radical (unpaired) electrons. The number of urea groups is 1. The first-order valence-corrected chi connectivity index (χ1v) is 13.5. The molecule has 13 heteroatoms. The monoisotopic (exact) mass is 559 g/mol. The standard InChI is InChI=1S/C25H23F2N5O4S2/c1-31(20-5-6-23-17(13-20)7-9-37-23)24(33)22(12-16-10-18(26)14-19(27)11-16)29-25(34)30-38(35,36)32(2)21-4-3-8-28-15-21/h3-11,13-15,22H,12H2,1-2H3,(H2,29,30,34)/t22-/m0/s1. The molecule has 38 heavy (non-hydrogen) atoms. The van der Waals surface area contributed by atoms with Gasteiger partial charge in [0.2, 0.25) is 5.91 Å². The highest BCUT2D eigenvalue weighted by Gasteiger charge is 2.29. The van der Waals surface area contributed by atoms with E-state index in [2.05, 4.69) is 10.3 Å². The predicted octanol–water partition coefficient (Wildman–Crippen LogP) is 3.83. The van der Waals surface area contributed by atoms with Gasteiger partial charge in [-0.25, -0.2) is 18.3 Å². The van der Waals surface area contributed by atoms with Gasteiger partial charge in [-0.2, -0.15) is 8.42 Å². The summed E-state index contributed by atoms with van der Waals surface area (Å²) in [5.74, 6) is -2.34. The summed E-state index contributed by atoms with van der Waals surface area (Å²) in [4.78, 5) is 31.4. The fourth-order valence-electron chi connectivity index (χ4n) is 3.74. The third-order valence-electron chi connectivity index (χ3n) is 5.71. The van der Waals surface area contributed by atoms with Crippen LogP contribution in [0.5, 0.6) is 0 Å². The first kappa shape index (κ1) is 26.9. The number of fused-ring (bicyclic) bond motifs is 1. The van der Waals surface area contributed by atoms with Crippen LogP contribution in [0.3, 0.4) is 0 Å². The van der Waals surface area contributed by atoms with Gasteiger partial charge < -0.3 is 10.2 Å². The molecule has 198 valence electrons. The molecule has 0 saturated heterocycles. The van der Waals surface area contributed by atoms with Gasteiger partial charge in [0.05, 0.1) is 11.9 Å². The van der Waals surface area contributed by atoms with Gasteiger partial charge in [0, 0.05) is 43.2 Å². The third kappa shape index (κ3) is 6.23. The quantitative estimate of drug-likeness (QED) is 0.341. The SMILES string of the molecule is CN(C(=O)[C@H](Cc1cc(F)cc(F)c1)NC(=O)NS(=O)(=O)N(C)c1cccnc1)c1ccc2sccc2c1. The number of rotatable bonds is 8. The minimum absolute atomic E-state index is 0.0955. The molecule has 2 aromatic carbocycles. The number of halogens is 2. The lowest BCUT2D eigenvalue weighted by atomic mass is 10.0. The Kier molecular flexibility index (Phi) is 7.88. The van der Waals surface area contributed by atoms with Crippen molar-refractivity contribution in [2.24, 2.45) is 0 Å². The zero-order chi connectivity index (χ0) is 27.4. The summed E-state index contributed by atoms with van der Waals surface area (Å²) in [5, 5.41) is 5.16. The van der Waals surface area contributed by atoms with Crippen molar-refractivity contribution in [1.82, 2.24) is 15.0 Å². The first-order valence-electron chi connectivity index (χ1n) is 11.2. The van der Waals surface area contributed by atoms with Crippen molar-refractivity contribution in [2.75, 3.05) is 23.3 Å². The average Bonchev–Trinajstić information content (AvgIpc) is 3.34. The van der Waals surface area contributed by atoms with Crippen LogP contribution in [0.2, 0.25) is 0 Å². The highest BCUT2D eigenvalue weighted by Crippen LogP contribution is 2.26. The van der Waals surface area contributed by atoms with E-state index in [1.807, 2.05) is 22.2 Å². The van der Waals surface area contributed by atoms with E-state index in [0.717, 1.165) is 26.5 Å². The Morgan fingerprint density at radius 3 is 2.45 bits per heavy atom. The molecule has 0 spiro atoms. The molecule has 0 unspecified atom stereocenters. The molecule has 2 aromatic heterocycles. The Balaban J connectivity index is 1.57. The second-order valence-corrected chi connectivity index (χ2v) is 11.0. The molecule has 4 rings (SSSR count). The molecule has 0 aliphatic rings. The van der Waals surface area contributed by atoms with Gasteiger partial charge in [0.1, 0.15) is 17.7 Å². The van der Waals surface area contributed by atoms with Crippen LogP contribution in [0, 0.1) is 11.6 Å². The van der Waals surface area contributed by atoms with Gasteiger partial charge >= 0.3 is 16.2 Å². The fraction of sp³-hybridized carbons (Fsp3) is 0.160. The van der Waals surface area contributed by atoms with Crippen LogP contribution < -0.4 is 19.2 Å². The zero-order valence-corrected chi connectivity index (χ0v) is 21.9. The van der Waals surface area contributed by atoms with E-state index in [1.54, 1.807) is 12.1 Å². The van der Waals surface area contributed by atoms with Crippen LogP contribution in [0.4, 0.5) is 25.0 Å². The van der Waals surface area contributed by atoms with Crippen LogP contribution >= 0.6 is 11.3 Å². The topological polar surface area (TPSA) is 112 Å². The molecule has 0 saturated carbocycles. The molecule has 2 N–H and O–H groups in total. The van der Waals surface area contributed by atoms with Crippen LogP contribution in [-0.2, 0) is 21.4 Å². The summed E-state index contributed by atoms with van der Waals surface area (Å²) in [5.41, 5.74) is 0.805. The normalized spacial score (nSPS) is 12.1. The lowest BCUT2D eigenvalue weighted by molar-refractivity contribution is -0.120. The Morgan fingerprint density at radius 1 is 1.03 bits per heavy atom. The highest BCUT2D eigenvalue weighted by atomic mass is 32.2. The van der Waals surface area contributed by atoms with Crippen molar-refractivity contribution in [3.05, 3.63) is 89.6 Å². The van der Waals surface area contributed by atoms with E-state index in [9.17, 15) is 26.8 Å². The molecular formula is C25H23F2N5O4S2. The molecule has 0 fully saturated rings. The van der Waals surface area contributed by atoms with Crippen LogP contribution in [0.25, 0.3) is 10.1 Å². The van der Waals surface area contributed by atoms with Crippen molar-refractivity contribution >= 4 is 54.9 Å². The Bertz CT molecular complexity index is 1560. The summed E-state index contributed by atoms with van der Waals surface area (Å²) in [7, 11) is -1.66. The number of benzene rings is 2. The highest BCUT2D eigenvalue weighted by molar-refractivity contribution is 7.91. The van der Waals surface area contributed by atoms with Crippen molar-refractivity contribution in [2.45, 2.75) is 12.5 Å². The number of likely N-dealkylation sites (N-methyl/N-ethyl adjacent to an activating group) is 1. The molecule has 1 atom stereocenters. The number of nitrogens with one attached hydrogen (secondary N) is 2. The lowest BCUT2D eigenvalue weighted by Crippen LogP contribution is -2.54. The number of carbonyl (C=O) groups is 2. The van der Waals surface area contributed by atoms with E-state index in [1.165, 1.54) is 54.9 Å². The van der Waals surface area contributed by atoms with E-state index in [4.69, 9.17) is 0 Å². The van der Waals surface area contributed by atoms with Crippen molar-refractivity contribution in [3.63, 3.8) is 0 Å². The number of nitrogens with zero attached hydrogens (tertiary/aromatic N) is 3. The van der Waals surface area contributed by atoms with Crippen molar-refractivity contribution in [1.29, 1.82) is 0 Å². The van der Waals surface area contributed by atoms with E-state index in [-0.39, 0.29) is 17.7 Å². The lowest BCUT2D eigenvalue weighted by Gasteiger charge is -2.26. The van der Waals surface area contributed by atoms with Gasteiger partial charge in [-0.1, -0.05) is 0 Å². The average molecular weight is 560 g/mol. The molecule has 9 nitrogen and oxygen atoms in total. The number of hydrogen-bond donors (Lipinski definition) is 2. The Labute approximate surface area is 221 Å². The Hall–Kier alpha value is -4.10. The second-order valence-electron chi connectivity index (χ2n) is 8.33. The van der Waals surface area contributed by atoms with Gasteiger partial charge in [-0.05, 0) is 64.9 Å². The number of carbonyl (C=O) groups excluding carboxylic acids is 2. The minimum Gasteiger partial charge on any atom is -0.325 e. The zero-order valence-electron chi connectivity index (χ0n) is 20.3. The second kappa shape index (κ2) is 11.1. The predicted molar refractivity (Wildman–Crippen MR) is 142 cm³/mol. The number of pyridine rings is 1. The summed E-state index contributed by atoms with van der Waals surface area (Å²) in [6.07, 6.45) is 2.45. The molecule has 2 heterocycles. The van der Waals surface area contributed by atoms with E-state index < -0.39 is 39.8 Å². The smallest absolute Gasteiger partial charge is 0.325 e. The third-order valence-corrected chi connectivity index (χ3v) is 7.98. The fourth-order valence-corrected chi connectivity index (χ4v) is 5.33. The molecule has 0 bridgehead atoms. The number of hydrogen-bond acceptors (Lipinski definition) is 6. The summed E-state index contributed by atoms with van der Waals surface area (Å²) in [6, 6.07) is 10.5. The van der Waals surface area contributed by atoms with Gasteiger partial charge in [0.25, 0.3) is 0 Å². The van der Waals surface area contributed by atoms with Gasteiger partial charge in [-0.3, -0.25) is 14.1 Å². The van der Waals surface area contributed by atoms with Crippen molar-refractivity contribution in [3.8, 4) is 0 Å². The maximum absolute atomic E-state index is 13.8. The Morgan fingerprint density at radius 2 is 1.76 bits per heavy atom. The van der Waals surface area contributed by atoms with Crippen LogP contribution in [0.15, 0.2) is 72.4 Å². The van der Waals surface area contributed by atoms with E-state index >= 15 is 0 Å². The number of aromatic nitrogens is 1. The summed E-state index contributed by atoms with van der Waals surface area (Å²) in [6.45, 7) is 0. The largest absolute Gasteiger partial charge is 0.330 e. The maximum atomic E-state index is 13.8. The molecular weight excluding hydrogens is 536 g/mol. The molecule has 0 aliphatic heterocycles. The number of anilines is 2. The summed E-state index contributed by atoms with van der Waals surface area (Å²) >= 11 is 1.54. The van der Waals surface area contributed by atoms with Gasteiger partial charge in [-0.15, -0.1) is 11.3 Å². The molecule has 3 amide bonds. The van der Waals surface area contributed by atoms with Crippen molar-refractivity contribution < 1.29 is 26.8 Å².